The number of carbonyl (C=O) groups excluding carboxylic acids is 2. The van der Waals surface area contributed by atoms with E-state index in [0.717, 1.165) is 6.07 Å². The van der Waals surface area contributed by atoms with E-state index in [2.05, 4.69) is 15.6 Å². The van der Waals surface area contributed by atoms with Gasteiger partial charge in [0, 0.05) is 12.7 Å². The van der Waals surface area contributed by atoms with E-state index in [1.807, 2.05) is 13.8 Å². The molecular formula is C17H24BF3N4O4. The van der Waals surface area contributed by atoms with Gasteiger partial charge >= 0.3 is 13.3 Å². The molecule has 0 aliphatic carbocycles. The monoisotopic (exact) mass is 416 g/mol. The quantitative estimate of drug-likeness (QED) is 0.455. The van der Waals surface area contributed by atoms with Crippen LogP contribution in [0.3, 0.4) is 0 Å². The zero-order valence-corrected chi connectivity index (χ0v) is 16.1. The van der Waals surface area contributed by atoms with Gasteiger partial charge in [0.1, 0.15) is 11.9 Å². The molecule has 2 amide bonds. The number of amides is 2. The van der Waals surface area contributed by atoms with Crippen molar-refractivity contribution in [1.82, 2.24) is 15.6 Å². The van der Waals surface area contributed by atoms with E-state index in [1.54, 1.807) is 4.90 Å². The lowest BCUT2D eigenvalue weighted by atomic mass is 9.75. The van der Waals surface area contributed by atoms with Crippen LogP contribution >= 0.6 is 0 Å². The van der Waals surface area contributed by atoms with Crippen molar-refractivity contribution in [1.29, 1.82) is 0 Å². The molecule has 29 heavy (non-hydrogen) atoms. The number of halogens is 3. The molecule has 2 atom stereocenters. The Bertz CT molecular complexity index is 716. The second-order valence-electron chi connectivity index (χ2n) is 7.34. The Labute approximate surface area is 166 Å². The lowest BCUT2D eigenvalue weighted by molar-refractivity contribution is -0.137. The number of pyridine rings is 1. The van der Waals surface area contributed by atoms with E-state index in [1.165, 1.54) is 6.07 Å². The van der Waals surface area contributed by atoms with Crippen LogP contribution in [0, 0.1) is 5.92 Å². The summed E-state index contributed by atoms with van der Waals surface area (Å²) in [7, 11) is -1.72. The van der Waals surface area contributed by atoms with Gasteiger partial charge in [-0.15, -0.1) is 0 Å². The largest absolute Gasteiger partial charge is 0.475 e. The number of nitrogens with zero attached hydrogens (tertiary/aromatic N) is 2. The van der Waals surface area contributed by atoms with Crippen LogP contribution < -0.4 is 15.5 Å². The number of hydrogen-bond donors (Lipinski definition) is 4. The van der Waals surface area contributed by atoms with Crippen LogP contribution in [0.25, 0.3) is 0 Å². The molecule has 4 N–H and O–H groups in total. The number of nitrogens with one attached hydrogen (secondary N) is 2. The topological polar surface area (TPSA) is 115 Å². The minimum atomic E-state index is -4.49. The predicted octanol–water partition coefficient (Wildman–Crippen LogP) is 0.338. The van der Waals surface area contributed by atoms with Crippen LogP contribution in [0.4, 0.5) is 19.0 Å². The molecule has 0 saturated carbocycles. The molecule has 0 unspecified atom stereocenters. The molecular weight excluding hydrogens is 392 g/mol. The maximum Gasteiger partial charge on any atom is 0.475 e. The molecule has 1 aromatic rings. The number of carbonyl (C=O) groups is 2. The molecule has 160 valence electrons. The Morgan fingerprint density at radius 1 is 1.34 bits per heavy atom. The van der Waals surface area contributed by atoms with Crippen molar-refractivity contribution in [3.8, 4) is 0 Å². The molecule has 0 radical (unpaired) electrons. The fourth-order valence-corrected chi connectivity index (χ4v) is 2.96. The van der Waals surface area contributed by atoms with Gasteiger partial charge in [0.2, 0.25) is 11.8 Å². The number of alkyl halides is 3. The minimum absolute atomic E-state index is 0.122. The zero-order chi connectivity index (χ0) is 21.8. The van der Waals surface area contributed by atoms with E-state index in [9.17, 15) is 32.8 Å². The smallest absolute Gasteiger partial charge is 0.426 e. The first-order chi connectivity index (χ1) is 13.5. The highest BCUT2D eigenvalue weighted by Crippen LogP contribution is 2.31. The molecule has 0 aromatic carbocycles. The van der Waals surface area contributed by atoms with E-state index in [-0.39, 0.29) is 18.3 Å². The van der Waals surface area contributed by atoms with E-state index in [4.69, 9.17) is 0 Å². The Balaban J connectivity index is 1.87. The molecule has 2 rings (SSSR count). The standard InChI is InChI=1S/C17H24BF3N4O4/c1-10(2)7-13(18(28)29)24-15(26)9-23-16(27)12-5-6-25(12)14-4-3-11(8-22-14)17(19,20)21/h3-4,8,10,12-13,28-29H,5-7,9H2,1-2H3,(H,23,27)(H,24,26)/t12-,13+/m0/s1. The summed E-state index contributed by atoms with van der Waals surface area (Å²) in [6, 6.07) is 1.47. The van der Waals surface area contributed by atoms with Gasteiger partial charge in [-0.05, 0) is 30.9 Å². The van der Waals surface area contributed by atoms with E-state index < -0.39 is 42.7 Å². The van der Waals surface area contributed by atoms with Crippen molar-refractivity contribution in [2.24, 2.45) is 5.92 Å². The lowest BCUT2D eigenvalue weighted by Gasteiger charge is -2.40. The normalized spacial score (nSPS) is 17.5. The van der Waals surface area contributed by atoms with Gasteiger partial charge in [0.05, 0.1) is 18.0 Å². The maximum atomic E-state index is 12.6. The number of aromatic nitrogens is 1. The summed E-state index contributed by atoms with van der Waals surface area (Å²) in [5.41, 5.74) is -0.874. The van der Waals surface area contributed by atoms with Crippen molar-refractivity contribution in [2.75, 3.05) is 18.0 Å². The van der Waals surface area contributed by atoms with Crippen molar-refractivity contribution < 1.29 is 32.8 Å². The Kier molecular flexibility index (Phi) is 7.47. The average Bonchev–Trinajstić information content (AvgIpc) is 2.57. The molecule has 1 fully saturated rings. The summed E-state index contributed by atoms with van der Waals surface area (Å²) in [6.45, 7) is 3.83. The van der Waals surface area contributed by atoms with Crippen molar-refractivity contribution in [3.63, 3.8) is 0 Å². The first-order valence-corrected chi connectivity index (χ1v) is 9.22. The highest BCUT2D eigenvalue weighted by atomic mass is 19.4. The van der Waals surface area contributed by atoms with Crippen LogP contribution in [0.15, 0.2) is 18.3 Å². The van der Waals surface area contributed by atoms with Crippen LogP contribution in [0.1, 0.15) is 32.3 Å². The third-order valence-corrected chi connectivity index (χ3v) is 4.55. The number of hydrogen-bond acceptors (Lipinski definition) is 6. The minimum Gasteiger partial charge on any atom is -0.426 e. The fourth-order valence-electron chi connectivity index (χ4n) is 2.96. The van der Waals surface area contributed by atoms with Crippen LogP contribution in [-0.4, -0.2) is 59.0 Å². The average molecular weight is 416 g/mol. The van der Waals surface area contributed by atoms with Gasteiger partial charge in [-0.1, -0.05) is 13.8 Å². The summed E-state index contributed by atoms with van der Waals surface area (Å²) >= 11 is 0. The van der Waals surface area contributed by atoms with Crippen LogP contribution in [0.5, 0.6) is 0 Å². The lowest BCUT2D eigenvalue weighted by Crippen LogP contribution is -2.58. The molecule has 8 nitrogen and oxygen atoms in total. The van der Waals surface area contributed by atoms with Crippen LogP contribution in [-0.2, 0) is 15.8 Å². The third kappa shape index (κ3) is 6.33. The summed E-state index contributed by atoms with van der Waals surface area (Å²) in [6.07, 6.45) is -2.94. The Morgan fingerprint density at radius 3 is 2.48 bits per heavy atom. The van der Waals surface area contributed by atoms with Gasteiger partial charge in [-0.3, -0.25) is 9.59 Å². The first-order valence-electron chi connectivity index (χ1n) is 9.22. The first kappa shape index (κ1) is 22.9. The number of anilines is 1. The summed E-state index contributed by atoms with van der Waals surface area (Å²) < 4.78 is 37.9. The number of rotatable bonds is 8. The Morgan fingerprint density at radius 2 is 2.03 bits per heavy atom. The third-order valence-electron chi connectivity index (χ3n) is 4.55. The molecule has 12 heteroatoms. The SMILES string of the molecule is CC(C)C[C@@H](NC(=O)CNC(=O)[C@@H]1CCN1c1ccc(C(F)(F)F)cn1)B(O)O. The summed E-state index contributed by atoms with van der Waals surface area (Å²) in [5.74, 6) is -1.52. The van der Waals surface area contributed by atoms with Crippen molar-refractivity contribution >= 4 is 24.8 Å². The van der Waals surface area contributed by atoms with Gasteiger partial charge in [0.25, 0.3) is 0 Å². The summed E-state index contributed by atoms with van der Waals surface area (Å²) in [5, 5.41) is 23.6. The molecule has 1 aliphatic rings. The van der Waals surface area contributed by atoms with Gasteiger partial charge in [-0.2, -0.15) is 13.2 Å². The van der Waals surface area contributed by atoms with Crippen molar-refractivity contribution in [3.05, 3.63) is 23.9 Å². The van der Waals surface area contributed by atoms with E-state index in [0.29, 0.717) is 25.6 Å². The van der Waals surface area contributed by atoms with Crippen molar-refractivity contribution in [2.45, 2.75) is 44.8 Å². The second kappa shape index (κ2) is 9.44. The van der Waals surface area contributed by atoms with E-state index >= 15 is 0 Å². The zero-order valence-electron chi connectivity index (χ0n) is 16.1. The maximum absolute atomic E-state index is 12.6. The second-order valence-corrected chi connectivity index (χ2v) is 7.34. The predicted molar refractivity (Wildman–Crippen MR) is 99.6 cm³/mol. The summed E-state index contributed by atoms with van der Waals surface area (Å²) in [4.78, 5) is 29.6. The molecule has 0 bridgehead atoms. The molecule has 2 heterocycles. The van der Waals surface area contributed by atoms with Crippen LogP contribution in [0.2, 0.25) is 0 Å². The van der Waals surface area contributed by atoms with Gasteiger partial charge in [-0.25, -0.2) is 4.98 Å². The molecule has 1 aromatic heterocycles. The highest BCUT2D eigenvalue weighted by Gasteiger charge is 2.36. The Hall–Kier alpha value is -2.34. The fraction of sp³-hybridized carbons (Fsp3) is 0.588. The molecule has 0 spiro atoms. The molecule has 1 aliphatic heterocycles. The highest BCUT2D eigenvalue weighted by molar-refractivity contribution is 6.43. The van der Waals surface area contributed by atoms with Gasteiger partial charge < -0.3 is 25.6 Å². The molecule has 1 saturated heterocycles. The van der Waals surface area contributed by atoms with Gasteiger partial charge in [0.15, 0.2) is 0 Å².